The van der Waals surface area contributed by atoms with Gasteiger partial charge in [0.1, 0.15) is 191 Å². The largest absolute Gasteiger partial charge is 0.488 e. The number of rotatable bonds is 13. The van der Waals surface area contributed by atoms with Crippen LogP contribution in [0.5, 0.6) is 5.75 Å². The molecule has 35 heteroatoms. The molecular weight excluding hydrogens is 1970 g/mol. The van der Waals surface area contributed by atoms with Gasteiger partial charge in [0.25, 0.3) is 0 Å². The minimum atomic E-state index is -1.10. The molecule has 0 fully saturated rings. The number of hydrogen-bond acceptors (Lipinski definition) is 20. The number of halogens is 13. The summed E-state index contributed by atoms with van der Waals surface area (Å²) in [5.74, 6) is -3.49. The summed E-state index contributed by atoms with van der Waals surface area (Å²) in [6.07, 6.45) is 1.79. The minimum absolute atomic E-state index is 0.0197. The molecule has 0 radical (unpaired) electrons. The normalized spacial score (nSPS) is 12.3. The molecule has 0 saturated carbocycles. The number of anilines is 2. The Morgan fingerprint density at radius 1 is 0.417 bits per heavy atom. The predicted molar refractivity (Wildman–Crippen MR) is 482 cm³/mol. The Labute approximate surface area is 749 Å². The van der Waals surface area contributed by atoms with Gasteiger partial charge in [-0.2, -0.15) is 10.2 Å². The van der Waals surface area contributed by atoms with E-state index >= 15 is 0 Å². The van der Waals surface area contributed by atoms with Gasteiger partial charge in [0.05, 0.1) is 38.4 Å². The third kappa shape index (κ3) is 18.0. The highest BCUT2D eigenvalue weighted by atomic mass is 127. The fourth-order valence-corrected chi connectivity index (χ4v) is 16.7. The molecular formula is C92H65Br3F9IN10O12. The molecule has 4 atom stereocenters. The molecule has 0 aliphatic rings. The van der Waals surface area contributed by atoms with Gasteiger partial charge in [-0.15, -0.1) is 0 Å². The maximum Gasteiger partial charge on any atom is 0.210 e. The molecule has 0 bridgehead atoms. The predicted octanol–water partition coefficient (Wildman–Crippen LogP) is 22.5. The first-order valence-electron chi connectivity index (χ1n) is 38.4. The van der Waals surface area contributed by atoms with Crippen molar-refractivity contribution < 1.29 is 71.4 Å². The molecule has 0 saturated heterocycles. The molecule has 0 amide bonds. The van der Waals surface area contributed by atoms with Crippen LogP contribution in [-0.4, -0.2) is 50.7 Å². The molecule has 0 aliphatic heterocycles. The number of ether oxygens (including phenoxy) is 1. The SMILES string of the molecule is CC(Br)c1oc2cccc(F)c2c(=O)c1Br.CC(C)Oc1ccc(-c2nn(C(C)c3oc4cccc(F)c4c(=O)c3Br)c3ncnc(N)c23)cc1F.CC(O)c1oc2cccc(F)c2c(=O)c1-c1cccc(F)c1.CC(c1oc2cccc(F)c2c(=O)c1-c1cccc(F)c1)n1nc(I)c2c(N)ncnc21.CCc1oc2cccc(F)c2c(=O)c1-c1ccc(F)cc1. The van der Waals surface area contributed by atoms with Crippen molar-refractivity contribution in [2.75, 3.05) is 11.5 Å². The maximum absolute atomic E-state index is 14.8. The third-order valence-corrected chi connectivity index (χ3v) is 22.6. The molecule has 5 N–H and O–H groups in total. The molecule has 18 rings (SSSR count). The fourth-order valence-electron chi connectivity index (χ4n) is 14.1. The van der Waals surface area contributed by atoms with Crippen molar-refractivity contribution >= 4 is 159 Å². The van der Waals surface area contributed by atoms with Crippen molar-refractivity contribution in [3.63, 3.8) is 0 Å². The summed E-state index contributed by atoms with van der Waals surface area (Å²) in [7, 11) is 0. The molecule has 0 spiro atoms. The van der Waals surface area contributed by atoms with Gasteiger partial charge in [-0.25, -0.2) is 68.8 Å². The van der Waals surface area contributed by atoms with E-state index in [0.717, 1.165) is 12.1 Å². The summed E-state index contributed by atoms with van der Waals surface area (Å²) >= 11 is 11.7. The molecule has 9 aromatic carbocycles. The molecule has 9 heterocycles. The number of benzene rings is 9. The van der Waals surface area contributed by atoms with E-state index in [0.29, 0.717) is 60.5 Å². The van der Waals surface area contributed by atoms with Crippen LogP contribution >= 0.6 is 70.4 Å². The average Bonchev–Trinajstić information content (AvgIpc) is 1.68. The van der Waals surface area contributed by atoms with Crippen LogP contribution in [0.25, 0.3) is 122 Å². The Bertz CT molecular complexity index is 7710. The number of fused-ring (bicyclic) bond motifs is 7. The minimum Gasteiger partial charge on any atom is -0.488 e. The van der Waals surface area contributed by atoms with Crippen LogP contribution in [0, 0.1) is 56.1 Å². The van der Waals surface area contributed by atoms with Crippen molar-refractivity contribution in [2.45, 2.75) is 84.0 Å². The lowest BCUT2D eigenvalue weighted by molar-refractivity contribution is 0.171. The van der Waals surface area contributed by atoms with Gasteiger partial charge in [-0.3, -0.25) is 24.0 Å². The number of aryl methyl sites for hydroxylation is 1. The maximum atomic E-state index is 14.8. The van der Waals surface area contributed by atoms with Gasteiger partial charge in [-0.1, -0.05) is 89.6 Å². The van der Waals surface area contributed by atoms with E-state index in [1.54, 1.807) is 56.6 Å². The van der Waals surface area contributed by atoms with Gasteiger partial charge < -0.3 is 43.4 Å². The Morgan fingerprint density at radius 2 is 0.811 bits per heavy atom. The molecule has 646 valence electrons. The lowest BCUT2D eigenvalue weighted by atomic mass is 9.99. The topological polar surface area (TPSA) is 320 Å². The van der Waals surface area contributed by atoms with Crippen LogP contribution in [0.1, 0.15) is 100 Å². The Kier molecular flexibility index (Phi) is 26.8. The first-order chi connectivity index (χ1) is 60.6. The molecule has 0 aliphatic carbocycles. The lowest BCUT2D eigenvalue weighted by Crippen LogP contribution is -2.17. The summed E-state index contributed by atoms with van der Waals surface area (Å²) < 4.78 is 164. The molecule has 22 nitrogen and oxygen atoms in total. The summed E-state index contributed by atoms with van der Waals surface area (Å²) in [6, 6.07) is 40.4. The zero-order valence-corrected chi connectivity index (χ0v) is 74.1. The smallest absolute Gasteiger partial charge is 0.210 e. The van der Waals surface area contributed by atoms with Crippen molar-refractivity contribution in [3.8, 4) is 50.4 Å². The van der Waals surface area contributed by atoms with E-state index in [2.05, 4.69) is 77.9 Å². The zero-order chi connectivity index (χ0) is 91.0. The Hall–Kier alpha value is -13.0. The van der Waals surface area contributed by atoms with Crippen molar-refractivity contribution in [1.29, 1.82) is 0 Å². The summed E-state index contributed by atoms with van der Waals surface area (Å²) in [5.41, 5.74) is 13.2. The zero-order valence-electron chi connectivity index (χ0n) is 67.2. The second-order valence-electron chi connectivity index (χ2n) is 28.6. The Morgan fingerprint density at radius 3 is 1.27 bits per heavy atom. The van der Waals surface area contributed by atoms with E-state index < -0.39 is 92.3 Å². The van der Waals surface area contributed by atoms with E-state index in [4.69, 9.17) is 38.3 Å². The highest BCUT2D eigenvalue weighted by Crippen LogP contribution is 2.40. The Balaban J connectivity index is 0.000000132. The lowest BCUT2D eigenvalue weighted by Gasteiger charge is -2.17. The number of alkyl halides is 1. The van der Waals surface area contributed by atoms with Gasteiger partial charge in [0.2, 0.25) is 27.1 Å². The van der Waals surface area contributed by atoms with Gasteiger partial charge in [-0.05, 0) is 228 Å². The number of nitrogens with zero attached hydrogens (tertiary/aromatic N) is 8. The van der Waals surface area contributed by atoms with E-state index in [9.17, 15) is 68.6 Å². The number of nitrogens with two attached hydrogens (primary N) is 2. The molecule has 127 heavy (non-hydrogen) atoms. The highest BCUT2D eigenvalue weighted by molar-refractivity contribution is 14.1. The number of aliphatic hydroxyl groups is 1. The van der Waals surface area contributed by atoms with Crippen molar-refractivity contribution in [2.24, 2.45) is 0 Å². The quantitative estimate of drug-likeness (QED) is 0.0548. The van der Waals surface area contributed by atoms with Crippen molar-refractivity contribution in [3.05, 3.63) is 340 Å². The fraction of sp³-hybridized carbons (Fsp3) is 0.141. The average molecular weight is 2040 g/mol. The van der Waals surface area contributed by atoms with Crippen LogP contribution in [0.3, 0.4) is 0 Å². The van der Waals surface area contributed by atoms with Crippen LogP contribution in [0.2, 0.25) is 0 Å². The molecule has 9 aromatic heterocycles. The van der Waals surface area contributed by atoms with Crippen molar-refractivity contribution in [1.82, 2.24) is 39.5 Å². The van der Waals surface area contributed by atoms with Crippen LogP contribution in [0.4, 0.5) is 51.1 Å². The number of hydrogen-bond donors (Lipinski definition) is 3. The number of aliphatic hydroxyl groups excluding tert-OH is 1. The second kappa shape index (κ2) is 37.7. The van der Waals surface area contributed by atoms with E-state index in [1.807, 2.05) is 36.4 Å². The summed E-state index contributed by atoms with van der Waals surface area (Å²) in [6.45, 7) is 12.2. The monoisotopic (exact) mass is 2040 g/mol. The second-order valence-corrected chi connectivity index (χ2v) is 32.6. The molecule has 4 unspecified atom stereocenters. The van der Waals surface area contributed by atoms with Crippen LogP contribution < -0.4 is 43.3 Å². The number of aromatic nitrogens is 8. The standard InChI is InChI=1S/C25H20BrF2N5O3.C22H14F2IN5O2.C17H12F2O3.C17H12F2O2.C11H7Br2FO2/c1-11(2)35-16-8-7-13(9-15(16)28)21-19-24(29)30-10-31-25(19)33(32-21)12(3)23-20(26)22(34)18-14(27)5-4-6-17(18)36-23;1-10(30-22-17(20(25)29-30)21(26)27-9-28-22)19-15(11-4-2-5-12(23)8-11)18(31)16-13(24)6-3-7-14(16)32-19;1-9(20)17-14(10-4-2-5-11(18)8-10)16(21)15-12(19)6-3-7-13(15)22-17;1-2-13-15(10-6-8-11(18)9-7-10)17(20)16-12(19)4-3-5-14(16)21-13;1-5(12)11-9(13)10(15)8-6(14)3-2-4-7(8)16-11/h4-12H,1-3H3,(H2,29,30,31);2-10H,1H3,(H2,26,27,28);2-9,20H,1H3;3-9H,2H2,1H3;2-5H,1H3. The highest BCUT2D eigenvalue weighted by Gasteiger charge is 2.31. The van der Waals surface area contributed by atoms with Crippen LogP contribution in [-0.2, 0) is 6.42 Å². The third-order valence-electron chi connectivity index (χ3n) is 19.9. The van der Waals surface area contributed by atoms with Gasteiger partial charge in [0, 0.05) is 12.0 Å². The van der Waals surface area contributed by atoms with Gasteiger partial charge >= 0.3 is 0 Å². The number of nitrogen functional groups attached to an aromatic ring is 2. The summed E-state index contributed by atoms with van der Waals surface area (Å²) in [4.78, 5) is 80.1. The first-order valence-corrected chi connectivity index (χ1v) is 42.0. The van der Waals surface area contributed by atoms with E-state index in [-0.39, 0.29) is 143 Å². The first kappa shape index (κ1) is 90.3. The van der Waals surface area contributed by atoms with Gasteiger partial charge in [0.15, 0.2) is 22.9 Å². The van der Waals surface area contributed by atoms with Crippen LogP contribution in [0.15, 0.2) is 250 Å². The molecule has 18 aromatic rings. The van der Waals surface area contributed by atoms with E-state index in [1.165, 1.54) is 170 Å². The summed E-state index contributed by atoms with van der Waals surface area (Å²) in [5, 5.41) is 19.4.